The van der Waals surface area contributed by atoms with E-state index in [0.29, 0.717) is 18.9 Å². The highest BCUT2D eigenvalue weighted by atomic mass is 35.5. The summed E-state index contributed by atoms with van der Waals surface area (Å²) in [6.45, 7) is 2.28. The Morgan fingerprint density at radius 2 is 1.68 bits per heavy atom. The summed E-state index contributed by atoms with van der Waals surface area (Å²) in [7, 11) is 0. The van der Waals surface area contributed by atoms with Crippen LogP contribution in [0.15, 0.2) is 36.4 Å². The van der Waals surface area contributed by atoms with Gasteiger partial charge in [0.15, 0.2) is 0 Å². The molecule has 2 nitrogen and oxygen atoms in total. The first-order valence-corrected chi connectivity index (χ1v) is 9.59. The molecule has 1 unspecified atom stereocenters. The fourth-order valence-corrected chi connectivity index (χ4v) is 5.33. The summed E-state index contributed by atoms with van der Waals surface area (Å²) in [6, 6.07) is 12.3. The number of carbonyl (C=O) groups excluding carboxylic acids is 1. The van der Waals surface area contributed by atoms with Crippen molar-refractivity contribution in [1.29, 1.82) is 0 Å². The van der Waals surface area contributed by atoms with E-state index in [2.05, 4.69) is 12.1 Å². The molecule has 0 heterocycles. The third-order valence-electron chi connectivity index (χ3n) is 5.57. The smallest absolute Gasteiger partial charge is 0.305 e. The van der Waals surface area contributed by atoms with Gasteiger partial charge in [0.2, 0.25) is 0 Å². The minimum Gasteiger partial charge on any atom is -0.466 e. The molecule has 2 bridgehead atoms. The number of halogens is 2. The lowest BCUT2D eigenvalue weighted by atomic mass is 9.58. The highest BCUT2D eigenvalue weighted by Crippen LogP contribution is 2.59. The molecule has 130 valence electrons. The van der Waals surface area contributed by atoms with Crippen LogP contribution in [0.4, 0.5) is 0 Å². The van der Waals surface area contributed by atoms with E-state index in [1.807, 2.05) is 31.2 Å². The fraction of sp³-hybridized carbons (Fsp3) is 0.381. The summed E-state index contributed by atoms with van der Waals surface area (Å²) in [5.41, 5.74) is 5.05. The molecule has 0 saturated heterocycles. The van der Waals surface area contributed by atoms with Gasteiger partial charge in [-0.3, -0.25) is 4.79 Å². The van der Waals surface area contributed by atoms with Crippen LogP contribution in [0.5, 0.6) is 0 Å². The molecule has 0 aromatic heterocycles. The summed E-state index contributed by atoms with van der Waals surface area (Å²) >= 11 is 13.1. The van der Waals surface area contributed by atoms with Gasteiger partial charge >= 0.3 is 5.97 Å². The number of esters is 1. The molecule has 0 aliphatic heterocycles. The second-order valence-electron chi connectivity index (χ2n) is 6.86. The number of rotatable bonds is 4. The molecule has 0 amide bonds. The monoisotopic (exact) mass is 374 g/mol. The summed E-state index contributed by atoms with van der Waals surface area (Å²) in [4.78, 5) is 11.8. The van der Waals surface area contributed by atoms with Gasteiger partial charge in [-0.1, -0.05) is 47.5 Å². The van der Waals surface area contributed by atoms with Gasteiger partial charge in [0.25, 0.3) is 0 Å². The van der Waals surface area contributed by atoms with E-state index in [4.69, 9.17) is 27.9 Å². The second-order valence-corrected chi connectivity index (χ2v) is 7.67. The van der Waals surface area contributed by atoms with E-state index in [0.717, 1.165) is 22.9 Å². The van der Waals surface area contributed by atoms with E-state index >= 15 is 0 Å². The topological polar surface area (TPSA) is 26.3 Å². The third kappa shape index (κ3) is 2.76. The molecule has 4 heteroatoms. The fourth-order valence-electron chi connectivity index (χ4n) is 4.70. The Kier molecular flexibility index (Phi) is 4.51. The van der Waals surface area contributed by atoms with E-state index in [-0.39, 0.29) is 17.8 Å². The van der Waals surface area contributed by atoms with Gasteiger partial charge in [-0.2, -0.15) is 0 Å². The Morgan fingerprint density at radius 1 is 1.08 bits per heavy atom. The van der Waals surface area contributed by atoms with Crippen molar-refractivity contribution in [3.63, 3.8) is 0 Å². The van der Waals surface area contributed by atoms with Crippen molar-refractivity contribution < 1.29 is 9.53 Å². The van der Waals surface area contributed by atoms with Gasteiger partial charge < -0.3 is 4.74 Å². The maximum absolute atomic E-state index is 11.8. The molecule has 2 aromatic carbocycles. The Labute approximate surface area is 158 Å². The van der Waals surface area contributed by atoms with Crippen molar-refractivity contribution in [2.75, 3.05) is 6.61 Å². The number of ether oxygens (including phenoxy) is 1. The van der Waals surface area contributed by atoms with E-state index in [1.165, 1.54) is 22.3 Å². The SMILES string of the molecule is CCOC(=O)CCC1CC2c3c(Cl)cccc3C1c1cccc(Cl)c12. The Bertz CT molecular complexity index is 777. The van der Waals surface area contributed by atoms with Gasteiger partial charge in [-0.15, -0.1) is 0 Å². The molecule has 0 spiro atoms. The van der Waals surface area contributed by atoms with Crippen LogP contribution < -0.4 is 0 Å². The predicted octanol–water partition coefficient (Wildman–Crippen LogP) is 5.93. The summed E-state index contributed by atoms with van der Waals surface area (Å²) in [5.74, 6) is 0.763. The molecular weight excluding hydrogens is 355 g/mol. The lowest BCUT2D eigenvalue weighted by Crippen LogP contribution is -2.33. The zero-order valence-corrected chi connectivity index (χ0v) is 15.6. The van der Waals surface area contributed by atoms with Crippen molar-refractivity contribution >= 4 is 29.2 Å². The lowest BCUT2D eigenvalue weighted by Gasteiger charge is -2.46. The first kappa shape index (κ1) is 16.9. The summed E-state index contributed by atoms with van der Waals surface area (Å²) in [6.07, 6.45) is 2.28. The first-order valence-electron chi connectivity index (χ1n) is 8.84. The largest absolute Gasteiger partial charge is 0.466 e. The zero-order chi connectivity index (χ0) is 17.6. The van der Waals surface area contributed by atoms with Crippen LogP contribution in [0.25, 0.3) is 0 Å². The van der Waals surface area contributed by atoms with Crippen LogP contribution in [-0.4, -0.2) is 12.6 Å². The van der Waals surface area contributed by atoms with Gasteiger partial charge in [0, 0.05) is 28.3 Å². The molecule has 2 aromatic rings. The second kappa shape index (κ2) is 6.66. The maximum Gasteiger partial charge on any atom is 0.305 e. The third-order valence-corrected chi connectivity index (χ3v) is 6.23. The van der Waals surface area contributed by atoms with Crippen molar-refractivity contribution in [3.05, 3.63) is 68.7 Å². The molecular formula is C21H20Cl2O2. The molecule has 25 heavy (non-hydrogen) atoms. The first-order chi connectivity index (χ1) is 12.1. The standard InChI is InChI=1S/C21H20Cl2O2/c1-2-25-18(24)10-9-12-11-15-20-13(5-3-7-16(20)22)19(12)14-6-4-8-17(23)21(14)15/h3-8,12,15,19H,2,9-11H2,1H3. The van der Waals surface area contributed by atoms with Gasteiger partial charge in [-0.05, 0) is 60.1 Å². The Hall–Kier alpha value is -1.51. The molecule has 0 saturated carbocycles. The molecule has 0 fully saturated rings. The summed E-state index contributed by atoms with van der Waals surface area (Å²) < 4.78 is 5.11. The number of hydrogen-bond donors (Lipinski definition) is 0. The quantitative estimate of drug-likeness (QED) is 0.619. The van der Waals surface area contributed by atoms with Crippen LogP contribution in [0.2, 0.25) is 10.0 Å². The van der Waals surface area contributed by atoms with Crippen molar-refractivity contribution in [3.8, 4) is 0 Å². The zero-order valence-electron chi connectivity index (χ0n) is 14.1. The lowest BCUT2D eigenvalue weighted by molar-refractivity contribution is -0.143. The molecule has 1 atom stereocenters. The van der Waals surface area contributed by atoms with Crippen LogP contribution in [0, 0.1) is 5.92 Å². The minimum absolute atomic E-state index is 0.110. The average molecular weight is 375 g/mol. The van der Waals surface area contributed by atoms with Crippen LogP contribution >= 0.6 is 23.2 Å². The Morgan fingerprint density at radius 3 is 2.24 bits per heavy atom. The molecule has 3 aliphatic carbocycles. The van der Waals surface area contributed by atoms with E-state index in [9.17, 15) is 4.79 Å². The predicted molar refractivity (Wildman–Crippen MR) is 101 cm³/mol. The van der Waals surface area contributed by atoms with Crippen LogP contribution in [0.3, 0.4) is 0 Å². The molecule has 0 radical (unpaired) electrons. The van der Waals surface area contributed by atoms with Crippen LogP contribution in [-0.2, 0) is 9.53 Å². The highest BCUT2D eigenvalue weighted by Gasteiger charge is 2.44. The number of carbonyl (C=O) groups is 1. The van der Waals surface area contributed by atoms with E-state index in [1.54, 1.807) is 0 Å². The normalized spacial score (nSPS) is 23.1. The highest BCUT2D eigenvalue weighted by molar-refractivity contribution is 6.32. The Balaban J connectivity index is 1.75. The van der Waals surface area contributed by atoms with Crippen molar-refractivity contribution in [2.24, 2.45) is 5.92 Å². The van der Waals surface area contributed by atoms with Gasteiger partial charge in [-0.25, -0.2) is 0 Å². The van der Waals surface area contributed by atoms with Crippen LogP contribution in [0.1, 0.15) is 60.3 Å². The average Bonchev–Trinajstić information content (AvgIpc) is 2.60. The molecule has 5 rings (SSSR count). The number of benzene rings is 2. The van der Waals surface area contributed by atoms with Crippen molar-refractivity contribution in [2.45, 2.75) is 38.0 Å². The van der Waals surface area contributed by atoms with Gasteiger partial charge in [0.1, 0.15) is 0 Å². The number of fused-ring (bicyclic) bond motifs is 1. The van der Waals surface area contributed by atoms with Crippen molar-refractivity contribution in [1.82, 2.24) is 0 Å². The minimum atomic E-state index is -0.110. The molecule has 0 N–H and O–H groups in total. The van der Waals surface area contributed by atoms with E-state index < -0.39 is 0 Å². The van der Waals surface area contributed by atoms with Gasteiger partial charge in [0.05, 0.1) is 6.61 Å². The summed E-state index contributed by atoms with van der Waals surface area (Å²) in [5, 5.41) is 1.64. The number of hydrogen-bond acceptors (Lipinski definition) is 2. The maximum atomic E-state index is 11.8. The molecule has 3 aliphatic rings.